The van der Waals surface area contributed by atoms with Crippen LogP contribution in [0, 0.1) is 11.3 Å². The molecule has 7 nitrogen and oxygen atoms in total. The zero-order valence-corrected chi connectivity index (χ0v) is 18.5. The first-order chi connectivity index (χ1) is 15.0. The minimum Gasteiger partial charge on any atom is -0.338 e. The molecule has 3 aromatic rings. The third-order valence-electron chi connectivity index (χ3n) is 5.44. The number of carbonyl (C=O) groups excluding carboxylic acids is 2. The van der Waals surface area contributed by atoms with Gasteiger partial charge in [-0.3, -0.25) is 9.59 Å². The predicted octanol–water partition coefficient (Wildman–Crippen LogP) is 3.70. The average molecular weight is 450 g/mol. The van der Waals surface area contributed by atoms with Crippen molar-refractivity contribution in [3.05, 3.63) is 83.3 Å². The molecule has 0 aliphatic carbocycles. The van der Waals surface area contributed by atoms with E-state index in [1.807, 2.05) is 51.9 Å². The van der Waals surface area contributed by atoms with Crippen LogP contribution in [-0.4, -0.2) is 32.8 Å². The molecule has 1 aromatic heterocycles. The quantitative estimate of drug-likeness (QED) is 0.621. The van der Waals surface area contributed by atoms with Crippen LogP contribution in [0.4, 0.5) is 5.82 Å². The number of likely N-dealkylation sites (tertiary alicyclic amines) is 1. The Labute approximate surface area is 193 Å². The molecule has 1 fully saturated rings. The third-order valence-corrected chi connectivity index (χ3v) is 5.44. The summed E-state index contributed by atoms with van der Waals surface area (Å²) in [5.41, 5.74) is 2.63. The number of hydrogen-bond acceptors (Lipinski definition) is 4. The van der Waals surface area contributed by atoms with E-state index in [2.05, 4.69) is 16.4 Å². The van der Waals surface area contributed by atoms with E-state index in [4.69, 9.17) is 5.26 Å². The summed E-state index contributed by atoms with van der Waals surface area (Å²) in [7, 11) is 0. The van der Waals surface area contributed by atoms with E-state index in [1.54, 1.807) is 18.3 Å². The van der Waals surface area contributed by atoms with E-state index in [0.29, 0.717) is 43.3 Å². The second-order valence-corrected chi connectivity index (χ2v) is 7.66. The first kappa shape index (κ1) is 23.0. The molecule has 8 heteroatoms. The van der Waals surface area contributed by atoms with E-state index in [-0.39, 0.29) is 30.1 Å². The summed E-state index contributed by atoms with van der Waals surface area (Å²) in [5.74, 6) is 0.695. The first-order valence-electron chi connectivity index (χ1n) is 10.2. The van der Waals surface area contributed by atoms with Gasteiger partial charge in [-0.25, -0.2) is 4.98 Å². The number of carbonyl (C=O) groups is 2. The Bertz CT molecular complexity index is 1140. The standard InChI is InChI=1S/C24H23N5O2.ClH/c1-17(30)27-22-14-26-23(29(22)16-20-9-7-18(13-25)8-10-20)21-11-12-28(24(21)31)15-19-5-3-2-4-6-19;/h2-10,14,21H,11-12,15-16H2,1H3,(H,27,30);1H/t21-;/m0./s1. The van der Waals surface area contributed by atoms with Crippen LogP contribution in [0.1, 0.15) is 41.8 Å². The van der Waals surface area contributed by atoms with Crippen molar-refractivity contribution < 1.29 is 9.59 Å². The van der Waals surface area contributed by atoms with Crippen molar-refractivity contribution in [1.82, 2.24) is 14.5 Å². The Morgan fingerprint density at radius 3 is 2.47 bits per heavy atom. The number of anilines is 1. The van der Waals surface area contributed by atoms with Crippen molar-refractivity contribution in [2.75, 3.05) is 11.9 Å². The Morgan fingerprint density at radius 2 is 1.81 bits per heavy atom. The summed E-state index contributed by atoms with van der Waals surface area (Å²) in [6.07, 6.45) is 2.28. The van der Waals surface area contributed by atoms with Crippen molar-refractivity contribution >= 4 is 30.0 Å². The van der Waals surface area contributed by atoms with Gasteiger partial charge in [0.15, 0.2) is 0 Å². The van der Waals surface area contributed by atoms with E-state index in [9.17, 15) is 9.59 Å². The summed E-state index contributed by atoms with van der Waals surface area (Å²) in [6, 6.07) is 19.3. The Kier molecular flexibility index (Phi) is 7.29. The van der Waals surface area contributed by atoms with Gasteiger partial charge in [0.2, 0.25) is 11.8 Å². The van der Waals surface area contributed by atoms with E-state index in [1.165, 1.54) is 6.92 Å². The smallest absolute Gasteiger partial charge is 0.233 e. The van der Waals surface area contributed by atoms with Crippen LogP contribution in [0.2, 0.25) is 0 Å². The number of nitriles is 1. The fourth-order valence-corrected chi connectivity index (χ4v) is 3.92. The van der Waals surface area contributed by atoms with Crippen molar-refractivity contribution in [2.24, 2.45) is 0 Å². The summed E-state index contributed by atoms with van der Waals surface area (Å²) < 4.78 is 1.89. The molecule has 164 valence electrons. The number of halogens is 1. The number of benzene rings is 2. The highest BCUT2D eigenvalue weighted by molar-refractivity contribution is 5.88. The largest absolute Gasteiger partial charge is 0.338 e. The van der Waals surface area contributed by atoms with Crippen LogP contribution in [0.15, 0.2) is 60.8 Å². The zero-order valence-electron chi connectivity index (χ0n) is 17.7. The minimum atomic E-state index is -0.357. The number of rotatable bonds is 6. The molecule has 0 radical (unpaired) electrons. The molecule has 1 aliphatic rings. The number of hydrogen-bond donors (Lipinski definition) is 1. The Morgan fingerprint density at radius 1 is 1.12 bits per heavy atom. The molecule has 1 atom stereocenters. The molecule has 32 heavy (non-hydrogen) atoms. The predicted molar refractivity (Wildman–Crippen MR) is 123 cm³/mol. The van der Waals surface area contributed by atoms with Crippen molar-refractivity contribution in [2.45, 2.75) is 32.4 Å². The Hall–Kier alpha value is -3.63. The summed E-state index contributed by atoms with van der Waals surface area (Å²) in [5, 5.41) is 11.8. The van der Waals surface area contributed by atoms with Crippen LogP contribution >= 0.6 is 12.4 Å². The molecule has 1 aliphatic heterocycles. The Balaban J connectivity index is 0.00000289. The first-order valence-corrected chi connectivity index (χ1v) is 10.2. The van der Waals surface area contributed by atoms with Gasteiger partial charge in [0.05, 0.1) is 30.3 Å². The fourth-order valence-electron chi connectivity index (χ4n) is 3.92. The molecule has 2 heterocycles. The molecule has 0 bridgehead atoms. The highest BCUT2D eigenvalue weighted by atomic mass is 35.5. The second-order valence-electron chi connectivity index (χ2n) is 7.66. The third kappa shape index (κ3) is 4.98. The van der Waals surface area contributed by atoms with E-state index in [0.717, 1.165) is 11.1 Å². The molecule has 0 saturated carbocycles. The number of amides is 2. The van der Waals surface area contributed by atoms with Gasteiger partial charge in [0.25, 0.3) is 0 Å². The highest BCUT2D eigenvalue weighted by Gasteiger charge is 2.36. The normalized spacial score (nSPS) is 15.2. The molecule has 1 saturated heterocycles. The van der Waals surface area contributed by atoms with Crippen LogP contribution < -0.4 is 5.32 Å². The zero-order chi connectivity index (χ0) is 21.8. The summed E-state index contributed by atoms with van der Waals surface area (Å²) >= 11 is 0. The lowest BCUT2D eigenvalue weighted by Gasteiger charge is -2.18. The molecule has 0 unspecified atom stereocenters. The lowest BCUT2D eigenvalue weighted by Crippen LogP contribution is -2.27. The average Bonchev–Trinajstić information content (AvgIpc) is 3.32. The highest BCUT2D eigenvalue weighted by Crippen LogP contribution is 2.31. The van der Waals surface area contributed by atoms with Gasteiger partial charge in [-0.2, -0.15) is 5.26 Å². The number of aromatic nitrogens is 2. The van der Waals surface area contributed by atoms with Gasteiger partial charge in [0.1, 0.15) is 11.6 Å². The van der Waals surface area contributed by atoms with Crippen LogP contribution in [-0.2, 0) is 22.7 Å². The van der Waals surface area contributed by atoms with Crippen molar-refractivity contribution in [3.8, 4) is 6.07 Å². The molecular weight excluding hydrogens is 426 g/mol. The monoisotopic (exact) mass is 449 g/mol. The minimum absolute atomic E-state index is 0. The van der Waals surface area contributed by atoms with Gasteiger partial charge in [0, 0.05) is 20.0 Å². The molecule has 2 amide bonds. The van der Waals surface area contributed by atoms with Gasteiger partial charge in [-0.05, 0) is 29.7 Å². The van der Waals surface area contributed by atoms with E-state index >= 15 is 0 Å². The summed E-state index contributed by atoms with van der Waals surface area (Å²) in [6.45, 7) is 3.13. The molecule has 4 rings (SSSR count). The van der Waals surface area contributed by atoms with Crippen LogP contribution in [0.25, 0.3) is 0 Å². The molecule has 1 N–H and O–H groups in total. The number of nitrogens with zero attached hydrogens (tertiary/aromatic N) is 4. The maximum atomic E-state index is 13.2. The van der Waals surface area contributed by atoms with Gasteiger partial charge in [-0.1, -0.05) is 42.5 Å². The lowest BCUT2D eigenvalue weighted by atomic mass is 10.1. The van der Waals surface area contributed by atoms with E-state index < -0.39 is 0 Å². The van der Waals surface area contributed by atoms with Gasteiger partial charge in [-0.15, -0.1) is 12.4 Å². The van der Waals surface area contributed by atoms with Crippen molar-refractivity contribution in [3.63, 3.8) is 0 Å². The fraction of sp³-hybridized carbons (Fsp3) is 0.250. The van der Waals surface area contributed by atoms with Gasteiger partial charge < -0.3 is 14.8 Å². The maximum Gasteiger partial charge on any atom is 0.233 e. The van der Waals surface area contributed by atoms with Crippen LogP contribution in [0.5, 0.6) is 0 Å². The second kappa shape index (κ2) is 10.1. The molecule has 2 aromatic carbocycles. The van der Waals surface area contributed by atoms with Gasteiger partial charge >= 0.3 is 0 Å². The topological polar surface area (TPSA) is 91.0 Å². The molecule has 0 spiro atoms. The number of nitrogens with one attached hydrogen (secondary N) is 1. The maximum absolute atomic E-state index is 13.2. The SMILES string of the molecule is CC(=O)Nc1cnc([C@@H]2CCN(Cc3ccccc3)C2=O)n1Cc1ccc(C#N)cc1.Cl. The number of imidazole rings is 1. The van der Waals surface area contributed by atoms with Crippen molar-refractivity contribution in [1.29, 1.82) is 5.26 Å². The molecular formula is C24H24ClN5O2. The van der Waals surface area contributed by atoms with Crippen LogP contribution in [0.3, 0.4) is 0 Å². The lowest BCUT2D eigenvalue weighted by molar-refractivity contribution is -0.129. The summed E-state index contributed by atoms with van der Waals surface area (Å²) in [4.78, 5) is 31.2.